The summed E-state index contributed by atoms with van der Waals surface area (Å²) in [6.07, 6.45) is -0.210. The molecule has 0 saturated heterocycles. The van der Waals surface area contributed by atoms with Crippen molar-refractivity contribution in [1.82, 2.24) is 9.88 Å². The number of benzene rings is 1. The highest BCUT2D eigenvalue weighted by atomic mass is 19.1. The average Bonchev–Trinajstić information content (AvgIpc) is 2.93. The van der Waals surface area contributed by atoms with Crippen LogP contribution < -0.4 is 0 Å². The van der Waals surface area contributed by atoms with Gasteiger partial charge < -0.3 is 14.6 Å². The van der Waals surface area contributed by atoms with Crippen LogP contribution in [0, 0.1) is 18.6 Å². The van der Waals surface area contributed by atoms with Gasteiger partial charge in [-0.05, 0) is 18.6 Å². The lowest BCUT2D eigenvalue weighted by atomic mass is 10.1. The minimum absolute atomic E-state index is 0.0717. The van der Waals surface area contributed by atoms with E-state index in [2.05, 4.69) is 4.98 Å². The first-order valence-electron chi connectivity index (χ1n) is 8.14. The molecule has 0 aliphatic carbocycles. The molecule has 8 heteroatoms. The average molecular weight is 378 g/mol. The number of esters is 1. The molecule has 0 bridgehead atoms. The van der Waals surface area contributed by atoms with E-state index in [0.717, 1.165) is 12.1 Å². The highest BCUT2D eigenvalue weighted by Crippen LogP contribution is 2.21. The number of carbonyl (C=O) groups excluding carboxylic acids is 3. The number of likely N-dealkylation sites (N-methyl/N-ethyl adjacent to an activating group) is 1. The lowest BCUT2D eigenvalue weighted by Gasteiger charge is -2.18. The topological polar surface area (TPSA) is 79.5 Å². The van der Waals surface area contributed by atoms with Gasteiger partial charge in [0.25, 0.3) is 0 Å². The maximum Gasteiger partial charge on any atom is 0.339 e. The van der Waals surface area contributed by atoms with E-state index in [-0.39, 0.29) is 41.3 Å². The number of Topliss-reactive ketones (excluding diaryl/α,β-unsaturated/α-hetero) is 1. The Labute approximate surface area is 155 Å². The number of methoxy groups -OCH3 is 1. The molecule has 2 rings (SSSR count). The lowest BCUT2D eigenvalue weighted by molar-refractivity contribution is -0.129. The van der Waals surface area contributed by atoms with Gasteiger partial charge in [-0.25, -0.2) is 13.6 Å². The zero-order valence-electron chi connectivity index (χ0n) is 15.5. The summed E-state index contributed by atoms with van der Waals surface area (Å²) in [4.78, 5) is 40.3. The maximum absolute atomic E-state index is 13.8. The van der Waals surface area contributed by atoms with Crippen LogP contribution in [0.1, 0.15) is 44.6 Å². The van der Waals surface area contributed by atoms with Crippen LogP contribution in [0.5, 0.6) is 0 Å². The van der Waals surface area contributed by atoms with Gasteiger partial charge in [0, 0.05) is 37.8 Å². The summed E-state index contributed by atoms with van der Waals surface area (Å²) < 4.78 is 31.5. The zero-order chi connectivity index (χ0) is 20.3. The van der Waals surface area contributed by atoms with Gasteiger partial charge in [-0.15, -0.1) is 0 Å². The molecule has 0 unspecified atom stereocenters. The highest BCUT2D eigenvalue weighted by molar-refractivity contribution is 6.01. The molecule has 0 aliphatic rings. The summed E-state index contributed by atoms with van der Waals surface area (Å²) in [7, 11) is 2.67. The predicted octanol–water partition coefficient (Wildman–Crippen LogP) is 2.79. The molecule has 2 aromatic rings. The Bertz CT molecular complexity index is 905. The van der Waals surface area contributed by atoms with Gasteiger partial charge in [-0.3, -0.25) is 9.59 Å². The lowest BCUT2D eigenvalue weighted by Crippen LogP contribution is -2.28. The van der Waals surface area contributed by atoms with Crippen LogP contribution in [0.15, 0.2) is 18.2 Å². The first-order valence-corrected chi connectivity index (χ1v) is 8.14. The molecule has 27 heavy (non-hydrogen) atoms. The van der Waals surface area contributed by atoms with Gasteiger partial charge in [0.2, 0.25) is 5.91 Å². The van der Waals surface area contributed by atoms with Gasteiger partial charge >= 0.3 is 5.97 Å². The van der Waals surface area contributed by atoms with Gasteiger partial charge in [0.15, 0.2) is 5.78 Å². The van der Waals surface area contributed by atoms with Crippen molar-refractivity contribution >= 4 is 17.7 Å². The number of ether oxygens (including phenoxy) is 1. The molecule has 0 aliphatic heterocycles. The first kappa shape index (κ1) is 20.3. The van der Waals surface area contributed by atoms with Crippen LogP contribution in [0.25, 0.3) is 0 Å². The summed E-state index contributed by atoms with van der Waals surface area (Å²) in [5.41, 5.74) is 1.18. The fourth-order valence-electron chi connectivity index (χ4n) is 2.80. The van der Waals surface area contributed by atoms with Crippen molar-refractivity contribution in [2.75, 3.05) is 14.2 Å². The van der Waals surface area contributed by atoms with Crippen LogP contribution >= 0.6 is 0 Å². The minimum Gasteiger partial charge on any atom is -0.465 e. The number of carbonyl (C=O) groups is 3. The number of hydrogen-bond donors (Lipinski definition) is 1. The van der Waals surface area contributed by atoms with Crippen LogP contribution in [-0.4, -0.2) is 41.7 Å². The van der Waals surface area contributed by atoms with Crippen molar-refractivity contribution in [2.45, 2.75) is 26.8 Å². The SMILES string of the molecule is COC(=O)c1c(CC(=O)N(C)Cc2ccc(F)cc2F)[nH]c(C(C)=O)c1C. The molecule has 144 valence electrons. The van der Waals surface area contributed by atoms with Crippen molar-refractivity contribution in [1.29, 1.82) is 0 Å². The fourth-order valence-corrected chi connectivity index (χ4v) is 2.80. The van der Waals surface area contributed by atoms with Gasteiger partial charge in [-0.1, -0.05) is 6.07 Å². The van der Waals surface area contributed by atoms with Crippen molar-refractivity contribution in [3.8, 4) is 0 Å². The van der Waals surface area contributed by atoms with E-state index in [1.807, 2.05) is 0 Å². The predicted molar refractivity (Wildman–Crippen MR) is 93.4 cm³/mol. The van der Waals surface area contributed by atoms with Crippen LogP contribution in [-0.2, 0) is 22.5 Å². The summed E-state index contributed by atoms with van der Waals surface area (Å²) in [5, 5.41) is 0. The van der Waals surface area contributed by atoms with Crippen molar-refractivity contribution in [2.24, 2.45) is 0 Å². The smallest absolute Gasteiger partial charge is 0.339 e. The Morgan fingerprint density at radius 2 is 1.89 bits per heavy atom. The van der Waals surface area contributed by atoms with Crippen LogP contribution in [0.3, 0.4) is 0 Å². The number of halogens is 2. The number of aromatic amines is 1. The Kier molecular flexibility index (Phi) is 6.09. The third-order valence-corrected chi connectivity index (χ3v) is 4.25. The summed E-state index contributed by atoms with van der Waals surface area (Å²) >= 11 is 0. The fraction of sp³-hybridized carbons (Fsp3) is 0.316. The number of amides is 1. The molecule has 0 fully saturated rings. The molecular formula is C19H20F2N2O4. The number of H-pyrrole nitrogens is 1. The molecule has 6 nitrogen and oxygen atoms in total. The van der Waals surface area contributed by atoms with Crippen molar-refractivity contribution in [3.63, 3.8) is 0 Å². The Morgan fingerprint density at radius 3 is 2.44 bits per heavy atom. The maximum atomic E-state index is 13.8. The Morgan fingerprint density at radius 1 is 1.22 bits per heavy atom. The minimum atomic E-state index is -0.750. The first-order chi connectivity index (χ1) is 12.6. The summed E-state index contributed by atoms with van der Waals surface area (Å²) in [6.45, 7) is 2.86. The second kappa shape index (κ2) is 8.11. The van der Waals surface area contributed by atoms with E-state index < -0.39 is 23.5 Å². The molecule has 0 atom stereocenters. The van der Waals surface area contributed by atoms with E-state index >= 15 is 0 Å². The molecule has 1 aromatic carbocycles. The molecule has 0 radical (unpaired) electrons. The molecule has 0 spiro atoms. The van der Waals surface area contributed by atoms with E-state index in [1.54, 1.807) is 6.92 Å². The molecule has 0 saturated carbocycles. The van der Waals surface area contributed by atoms with Gasteiger partial charge in [0.05, 0.1) is 24.8 Å². The van der Waals surface area contributed by atoms with Crippen LogP contribution in [0.2, 0.25) is 0 Å². The number of nitrogens with zero attached hydrogens (tertiary/aromatic N) is 1. The van der Waals surface area contributed by atoms with Crippen molar-refractivity contribution in [3.05, 3.63) is 57.9 Å². The third kappa shape index (κ3) is 4.39. The molecule has 1 amide bonds. The van der Waals surface area contributed by atoms with E-state index in [9.17, 15) is 23.2 Å². The van der Waals surface area contributed by atoms with E-state index in [4.69, 9.17) is 4.74 Å². The number of hydrogen-bond acceptors (Lipinski definition) is 4. The summed E-state index contributed by atoms with van der Waals surface area (Å²) in [6, 6.07) is 3.12. The van der Waals surface area contributed by atoms with Gasteiger partial charge in [0.1, 0.15) is 11.6 Å². The van der Waals surface area contributed by atoms with E-state index in [0.29, 0.717) is 5.56 Å². The number of aromatic nitrogens is 1. The second-order valence-electron chi connectivity index (χ2n) is 6.19. The highest BCUT2D eigenvalue weighted by Gasteiger charge is 2.25. The van der Waals surface area contributed by atoms with E-state index in [1.165, 1.54) is 32.0 Å². The van der Waals surface area contributed by atoms with Crippen molar-refractivity contribution < 1.29 is 27.9 Å². The third-order valence-electron chi connectivity index (χ3n) is 4.25. The standard InChI is InChI=1S/C19H20F2N2O4/c1-10-17(19(26)27-4)15(22-18(10)11(2)24)8-16(25)23(3)9-12-5-6-13(20)7-14(12)21/h5-7,22H,8-9H2,1-4H3. The second-order valence-corrected chi connectivity index (χ2v) is 6.19. The number of rotatable bonds is 6. The monoisotopic (exact) mass is 378 g/mol. The summed E-state index contributed by atoms with van der Waals surface area (Å²) in [5.74, 6) is -2.81. The Hall–Kier alpha value is -3.03. The number of nitrogens with one attached hydrogen (secondary N) is 1. The molecule has 1 N–H and O–H groups in total. The number of ketones is 1. The largest absolute Gasteiger partial charge is 0.465 e. The normalized spacial score (nSPS) is 10.6. The zero-order valence-corrected chi connectivity index (χ0v) is 15.5. The van der Waals surface area contributed by atoms with Gasteiger partial charge in [-0.2, -0.15) is 0 Å². The molecule has 1 heterocycles. The molecule has 1 aromatic heterocycles. The quantitative estimate of drug-likeness (QED) is 0.619. The molecular weight excluding hydrogens is 358 g/mol. The van der Waals surface area contributed by atoms with Crippen LogP contribution in [0.4, 0.5) is 8.78 Å². The Balaban J connectivity index is 2.25.